The Morgan fingerprint density at radius 2 is 2.00 bits per heavy atom. The topological polar surface area (TPSA) is 78.4 Å². The third-order valence-electron chi connectivity index (χ3n) is 2.76. The summed E-state index contributed by atoms with van der Waals surface area (Å²) in [5, 5.41) is 10.9. The largest absolute Gasteiger partial charge is 0.447 e. The maximum atomic E-state index is 13.8. The molecule has 0 aliphatic heterocycles. The number of nitrogens with zero attached hydrogens (tertiary/aromatic N) is 1. The van der Waals surface area contributed by atoms with Crippen LogP contribution in [0.2, 0.25) is 0 Å². The Balaban J connectivity index is 2.39. The molecule has 0 spiro atoms. The van der Waals surface area contributed by atoms with E-state index in [2.05, 4.69) is 0 Å². The fraction of sp³-hybridized carbons (Fsp3) is 0.143. The van der Waals surface area contributed by atoms with E-state index in [0.717, 1.165) is 5.56 Å². The van der Waals surface area contributed by atoms with Gasteiger partial charge in [-0.05, 0) is 36.2 Å². The van der Waals surface area contributed by atoms with Crippen molar-refractivity contribution in [1.82, 2.24) is 0 Å². The molecule has 5 nitrogen and oxygen atoms in total. The Labute approximate surface area is 114 Å². The van der Waals surface area contributed by atoms with Crippen molar-refractivity contribution in [2.75, 3.05) is 0 Å². The van der Waals surface area contributed by atoms with Gasteiger partial charge in [0.2, 0.25) is 5.75 Å². The van der Waals surface area contributed by atoms with Gasteiger partial charge in [-0.3, -0.25) is 10.1 Å². The zero-order valence-corrected chi connectivity index (χ0v) is 10.8. The van der Waals surface area contributed by atoms with E-state index in [1.165, 1.54) is 24.3 Å². The molecule has 0 saturated carbocycles. The van der Waals surface area contributed by atoms with Gasteiger partial charge < -0.3 is 10.5 Å². The van der Waals surface area contributed by atoms with Gasteiger partial charge in [0.05, 0.1) is 4.92 Å². The van der Waals surface area contributed by atoms with Crippen molar-refractivity contribution in [1.29, 1.82) is 0 Å². The summed E-state index contributed by atoms with van der Waals surface area (Å²) in [5.41, 5.74) is 6.60. The van der Waals surface area contributed by atoms with E-state index in [1.54, 1.807) is 19.1 Å². The van der Waals surface area contributed by atoms with Gasteiger partial charge in [0.1, 0.15) is 0 Å². The Morgan fingerprint density at radius 3 is 2.60 bits per heavy atom. The lowest BCUT2D eigenvalue weighted by Gasteiger charge is -2.09. The highest BCUT2D eigenvalue weighted by atomic mass is 19.1. The Bertz CT molecular complexity index is 659. The maximum absolute atomic E-state index is 13.8. The fourth-order valence-corrected chi connectivity index (χ4v) is 1.73. The molecule has 0 amide bonds. The maximum Gasteiger partial charge on any atom is 0.311 e. The molecule has 0 fully saturated rings. The summed E-state index contributed by atoms with van der Waals surface area (Å²) in [7, 11) is 0. The van der Waals surface area contributed by atoms with Crippen LogP contribution in [0.1, 0.15) is 11.1 Å². The van der Waals surface area contributed by atoms with Crippen molar-refractivity contribution < 1.29 is 14.1 Å². The van der Waals surface area contributed by atoms with Crippen molar-refractivity contribution in [3.8, 4) is 11.5 Å². The molecule has 2 N–H and O–H groups in total. The van der Waals surface area contributed by atoms with E-state index in [9.17, 15) is 14.5 Å². The molecule has 0 aromatic heterocycles. The lowest BCUT2D eigenvalue weighted by atomic mass is 10.2. The monoisotopic (exact) mass is 276 g/mol. The molecule has 0 aliphatic carbocycles. The molecule has 0 saturated heterocycles. The number of nitro benzene ring substituents is 1. The second-order valence-corrected chi connectivity index (χ2v) is 4.30. The predicted octanol–water partition coefficient (Wildman–Crippen LogP) is 3.29. The number of halogens is 1. The van der Waals surface area contributed by atoms with Crippen LogP contribution in [0.25, 0.3) is 0 Å². The fourth-order valence-electron chi connectivity index (χ4n) is 1.73. The van der Waals surface area contributed by atoms with Crippen LogP contribution in [0.4, 0.5) is 10.1 Å². The first-order valence-electron chi connectivity index (χ1n) is 5.92. The average Bonchev–Trinajstić information content (AvgIpc) is 2.40. The van der Waals surface area contributed by atoms with Crippen molar-refractivity contribution >= 4 is 5.69 Å². The zero-order chi connectivity index (χ0) is 14.7. The van der Waals surface area contributed by atoms with E-state index in [0.29, 0.717) is 5.56 Å². The molecule has 2 aromatic rings. The first kappa shape index (κ1) is 14.0. The number of hydrogen-bond acceptors (Lipinski definition) is 4. The van der Waals surface area contributed by atoms with Crippen LogP contribution >= 0.6 is 0 Å². The number of benzene rings is 2. The second-order valence-electron chi connectivity index (χ2n) is 4.30. The number of ether oxygens (including phenoxy) is 1. The minimum Gasteiger partial charge on any atom is -0.447 e. The van der Waals surface area contributed by atoms with Crippen molar-refractivity contribution in [2.24, 2.45) is 5.73 Å². The third kappa shape index (κ3) is 2.92. The summed E-state index contributed by atoms with van der Waals surface area (Å²) in [6, 6.07) is 8.69. The smallest absolute Gasteiger partial charge is 0.311 e. The van der Waals surface area contributed by atoms with Crippen molar-refractivity contribution in [3.05, 3.63) is 63.5 Å². The van der Waals surface area contributed by atoms with Crippen LogP contribution in [-0.4, -0.2) is 4.92 Å². The molecule has 6 heteroatoms. The van der Waals surface area contributed by atoms with Crippen LogP contribution in [0, 0.1) is 22.9 Å². The van der Waals surface area contributed by atoms with Gasteiger partial charge in [-0.1, -0.05) is 12.1 Å². The van der Waals surface area contributed by atoms with Gasteiger partial charge >= 0.3 is 5.69 Å². The molecular formula is C14H13FN2O3. The van der Waals surface area contributed by atoms with Gasteiger partial charge in [-0.15, -0.1) is 0 Å². The first-order valence-corrected chi connectivity index (χ1v) is 5.92. The summed E-state index contributed by atoms with van der Waals surface area (Å²) in [6.45, 7) is 1.98. The highest BCUT2D eigenvalue weighted by molar-refractivity contribution is 5.50. The van der Waals surface area contributed by atoms with Gasteiger partial charge in [0, 0.05) is 12.6 Å². The molecule has 0 atom stereocenters. The first-order chi connectivity index (χ1) is 9.51. The van der Waals surface area contributed by atoms with Gasteiger partial charge in [0.25, 0.3) is 0 Å². The van der Waals surface area contributed by atoms with Gasteiger partial charge in [-0.25, -0.2) is 4.39 Å². The lowest BCUT2D eigenvalue weighted by Crippen LogP contribution is -1.99. The van der Waals surface area contributed by atoms with E-state index >= 15 is 0 Å². The van der Waals surface area contributed by atoms with Gasteiger partial charge in [-0.2, -0.15) is 0 Å². The van der Waals surface area contributed by atoms with Crippen LogP contribution in [-0.2, 0) is 6.54 Å². The minimum atomic E-state index is -0.608. The molecule has 20 heavy (non-hydrogen) atoms. The van der Waals surface area contributed by atoms with Crippen LogP contribution in [0.5, 0.6) is 11.5 Å². The minimum absolute atomic E-state index is 0.00870. The molecule has 0 radical (unpaired) electrons. The molecular weight excluding hydrogens is 263 g/mol. The standard InChI is InChI=1S/C14H13FN2O3/c1-9-2-4-12(17(18)19)14(6-9)20-13-5-3-10(8-16)7-11(13)15/h2-7H,8,16H2,1H3. The predicted molar refractivity (Wildman–Crippen MR) is 72.2 cm³/mol. The quantitative estimate of drug-likeness (QED) is 0.686. The lowest BCUT2D eigenvalue weighted by molar-refractivity contribution is -0.385. The Morgan fingerprint density at radius 1 is 1.25 bits per heavy atom. The summed E-state index contributed by atoms with van der Waals surface area (Å²) in [5.74, 6) is -0.672. The SMILES string of the molecule is Cc1ccc([N+](=O)[O-])c(Oc2ccc(CN)cc2F)c1. The molecule has 0 aliphatic rings. The van der Waals surface area contributed by atoms with Crippen LogP contribution in [0.15, 0.2) is 36.4 Å². The number of nitrogens with two attached hydrogens (primary N) is 1. The molecule has 0 heterocycles. The zero-order valence-electron chi connectivity index (χ0n) is 10.8. The Kier molecular flexibility index (Phi) is 3.95. The van der Waals surface area contributed by atoms with E-state index in [-0.39, 0.29) is 23.7 Å². The number of nitro groups is 1. The summed E-state index contributed by atoms with van der Waals surface area (Å²) in [6.07, 6.45) is 0. The second kappa shape index (κ2) is 5.66. The molecule has 0 unspecified atom stereocenters. The highest BCUT2D eigenvalue weighted by Gasteiger charge is 2.17. The molecule has 2 rings (SSSR count). The van der Waals surface area contributed by atoms with E-state index < -0.39 is 10.7 Å². The normalized spacial score (nSPS) is 10.3. The molecule has 0 bridgehead atoms. The summed E-state index contributed by atoms with van der Waals surface area (Å²) >= 11 is 0. The number of aryl methyl sites for hydroxylation is 1. The van der Waals surface area contributed by atoms with E-state index in [4.69, 9.17) is 10.5 Å². The average molecular weight is 276 g/mol. The van der Waals surface area contributed by atoms with Crippen molar-refractivity contribution in [2.45, 2.75) is 13.5 Å². The molecule has 2 aromatic carbocycles. The summed E-state index contributed by atoms with van der Waals surface area (Å²) < 4.78 is 19.1. The Hall–Kier alpha value is -2.47. The molecule has 104 valence electrons. The van der Waals surface area contributed by atoms with E-state index in [1.807, 2.05) is 0 Å². The number of rotatable bonds is 4. The van der Waals surface area contributed by atoms with Crippen LogP contribution in [0.3, 0.4) is 0 Å². The summed E-state index contributed by atoms with van der Waals surface area (Å²) in [4.78, 5) is 10.4. The third-order valence-corrected chi connectivity index (χ3v) is 2.76. The number of hydrogen-bond donors (Lipinski definition) is 1. The van der Waals surface area contributed by atoms with Crippen molar-refractivity contribution in [3.63, 3.8) is 0 Å². The van der Waals surface area contributed by atoms with Gasteiger partial charge in [0.15, 0.2) is 11.6 Å². The highest BCUT2D eigenvalue weighted by Crippen LogP contribution is 2.33. The van der Waals surface area contributed by atoms with Crippen LogP contribution < -0.4 is 10.5 Å².